The summed E-state index contributed by atoms with van der Waals surface area (Å²) in [5.74, 6) is 0.539. The first-order valence-corrected chi connectivity index (χ1v) is 10.2. The molecule has 4 aromatic rings. The van der Waals surface area contributed by atoms with E-state index in [1.165, 1.54) is 11.3 Å². The van der Waals surface area contributed by atoms with Crippen LogP contribution in [0.25, 0.3) is 16.9 Å². The Hall–Kier alpha value is -2.99. The summed E-state index contributed by atoms with van der Waals surface area (Å²) in [6, 6.07) is 13.9. The molecular formula is C22H22N4OS. The van der Waals surface area contributed by atoms with Gasteiger partial charge in [-0.05, 0) is 38.3 Å². The minimum atomic E-state index is -0.141. The van der Waals surface area contributed by atoms with Gasteiger partial charge in [0.2, 0.25) is 0 Å². The number of fused-ring (bicyclic) bond motifs is 1. The first kappa shape index (κ1) is 18.4. The quantitative estimate of drug-likeness (QED) is 0.504. The number of aromatic nitrogens is 3. The lowest BCUT2D eigenvalue weighted by molar-refractivity contribution is 0.102. The van der Waals surface area contributed by atoms with Crippen LogP contribution in [0.1, 0.15) is 39.3 Å². The van der Waals surface area contributed by atoms with Crippen LogP contribution in [0.2, 0.25) is 0 Å². The first-order chi connectivity index (χ1) is 13.6. The molecule has 0 unspecified atom stereocenters. The van der Waals surface area contributed by atoms with Crippen LogP contribution < -0.4 is 5.32 Å². The summed E-state index contributed by atoms with van der Waals surface area (Å²) in [5.41, 5.74) is 4.40. The van der Waals surface area contributed by atoms with Crippen LogP contribution in [-0.2, 0) is 6.42 Å². The Bertz CT molecular complexity index is 1140. The number of benzene rings is 1. The predicted octanol–water partition coefficient (Wildman–Crippen LogP) is 5.28. The maximum Gasteiger partial charge on any atom is 0.268 e. The lowest BCUT2D eigenvalue weighted by Crippen LogP contribution is -2.14. The van der Waals surface area contributed by atoms with Gasteiger partial charge in [-0.15, -0.1) is 11.3 Å². The van der Waals surface area contributed by atoms with Crippen LogP contribution in [-0.4, -0.2) is 20.3 Å². The van der Waals surface area contributed by atoms with Gasteiger partial charge in [0.25, 0.3) is 5.91 Å². The largest absolute Gasteiger partial charge is 0.305 e. The predicted molar refractivity (Wildman–Crippen MR) is 114 cm³/mol. The molecule has 0 atom stereocenters. The van der Waals surface area contributed by atoms with Crippen molar-refractivity contribution in [3.05, 3.63) is 69.8 Å². The molecule has 0 radical (unpaired) electrons. The number of aryl methyl sites for hydroxylation is 3. The van der Waals surface area contributed by atoms with Gasteiger partial charge in [-0.1, -0.05) is 43.3 Å². The van der Waals surface area contributed by atoms with Crippen molar-refractivity contribution in [3.8, 4) is 11.3 Å². The molecule has 0 aliphatic heterocycles. The zero-order valence-corrected chi connectivity index (χ0v) is 17.0. The van der Waals surface area contributed by atoms with Gasteiger partial charge in [0.05, 0.1) is 10.7 Å². The van der Waals surface area contributed by atoms with Gasteiger partial charge >= 0.3 is 0 Å². The average molecular weight is 391 g/mol. The van der Waals surface area contributed by atoms with Gasteiger partial charge in [0.15, 0.2) is 0 Å². The van der Waals surface area contributed by atoms with Gasteiger partial charge in [0.1, 0.15) is 22.0 Å². The Kier molecular flexibility index (Phi) is 4.96. The Morgan fingerprint density at radius 1 is 1.11 bits per heavy atom. The number of hydrogen-bond donors (Lipinski definition) is 1. The van der Waals surface area contributed by atoms with Crippen molar-refractivity contribution in [2.75, 3.05) is 5.32 Å². The lowest BCUT2D eigenvalue weighted by Gasteiger charge is -2.07. The summed E-state index contributed by atoms with van der Waals surface area (Å²) in [5, 5.41) is 4.11. The van der Waals surface area contributed by atoms with E-state index in [1.807, 2.05) is 66.9 Å². The number of carbonyl (C=O) groups is 1. The second-order valence-electron chi connectivity index (χ2n) is 6.79. The number of anilines is 1. The van der Waals surface area contributed by atoms with Crippen molar-refractivity contribution in [2.45, 2.75) is 33.6 Å². The molecule has 0 aliphatic rings. The summed E-state index contributed by atoms with van der Waals surface area (Å²) in [7, 11) is 0. The number of nitrogens with zero attached hydrogens (tertiary/aromatic N) is 3. The molecule has 0 fully saturated rings. The van der Waals surface area contributed by atoms with Crippen molar-refractivity contribution in [1.29, 1.82) is 0 Å². The van der Waals surface area contributed by atoms with Gasteiger partial charge < -0.3 is 5.32 Å². The summed E-state index contributed by atoms with van der Waals surface area (Å²) in [4.78, 5) is 23.1. The van der Waals surface area contributed by atoms with E-state index in [0.717, 1.165) is 46.0 Å². The number of amides is 1. The highest BCUT2D eigenvalue weighted by Gasteiger charge is 2.21. The van der Waals surface area contributed by atoms with Gasteiger partial charge in [-0.25, -0.2) is 9.97 Å². The van der Waals surface area contributed by atoms with E-state index in [0.29, 0.717) is 10.7 Å². The molecule has 1 N–H and O–H groups in total. The zero-order valence-electron chi connectivity index (χ0n) is 16.2. The average Bonchev–Trinajstić information content (AvgIpc) is 3.24. The molecule has 4 rings (SSSR count). The van der Waals surface area contributed by atoms with E-state index in [-0.39, 0.29) is 5.91 Å². The standard InChI is InChI=1S/C22H22N4OS/c1-4-9-17-23-15(3)19(28-17)22(27)25-21-18(16-11-6-5-7-12-16)24-20-14(2)10-8-13-26(20)21/h5-8,10-13H,4,9H2,1-3H3,(H,25,27). The number of carbonyl (C=O) groups excluding carboxylic acids is 1. The number of hydrogen-bond acceptors (Lipinski definition) is 4. The molecular weight excluding hydrogens is 368 g/mol. The molecule has 0 spiro atoms. The van der Waals surface area contributed by atoms with Crippen molar-refractivity contribution >= 4 is 28.7 Å². The van der Waals surface area contributed by atoms with Crippen molar-refractivity contribution in [2.24, 2.45) is 0 Å². The normalized spacial score (nSPS) is 11.1. The first-order valence-electron chi connectivity index (χ1n) is 9.39. The third-order valence-electron chi connectivity index (χ3n) is 4.64. The van der Waals surface area contributed by atoms with E-state index in [2.05, 4.69) is 17.2 Å². The minimum absolute atomic E-state index is 0.141. The molecule has 3 aromatic heterocycles. The highest BCUT2D eigenvalue weighted by molar-refractivity contribution is 7.13. The third kappa shape index (κ3) is 3.31. The van der Waals surface area contributed by atoms with E-state index >= 15 is 0 Å². The highest BCUT2D eigenvalue weighted by atomic mass is 32.1. The number of thiazole rings is 1. The lowest BCUT2D eigenvalue weighted by atomic mass is 10.1. The molecule has 3 heterocycles. The van der Waals surface area contributed by atoms with E-state index in [4.69, 9.17) is 4.98 Å². The Morgan fingerprint density at radius 3 is 2.64 bits per heavy atom. The summed E-state index contributed by atoms with van der Waals surface area (Å²) in [6.07, 6.45) is 3.83. The molecule has 5 nitrogen and oxygen atoms in total. The van der Waals surface area contributed by atoms with Crippen molar-refractivity contribution in [1.82, 2.24) is 14.4 Å². The number of imidazole rings is 1. The van der Waals surface area contributed by atoms with Crippen LogP contribution in [0.15, 0.2) is 48.7 Å². The summed E-state index contributed by atoms with van der Waals surface area (Å²) < 4.78 is 1.94. The Morgan fingerprint density at radius 2 is 1.89 bits per heavy atom. The van der Waals surface area contributed by atoms with Crippen molar-refractivity contribution in [3.63, 3.8) is 0 Å². The SMILES string of the molecule is CCCc1nc(C)c(C(=O)Nc2c(-c3ccccc3)nc3c(C)cccn23)s1. The topological polar surface area (TPSA) is 59.3 Å². The zero-order chi connectivity index (χ0) is 19.7. The number of nitrogens with one attached hydrogen (secondary N) is 1. The maximum absolute atomic E-state index is 13.1. The van der Waals surface area contributed by atoms with Gasteiger partial charge in [-0.3, -0.25) is 9.20 Å². The maximum atomic E-state index is 13.1. The fraction of sp³-hybridized carbons (Fsp3) is 0.227. The fourth-order valence-electron chi connectivity index (χ4n) is 3.27. The van der Waals surface area contributed by atoms with E-state index < -0.39 is 0 Å². The van der Waals surface area contributed by atoms with Crippen LogP contribution in [0.5, 0.6) is 0 Å². The smallest absolute Gasteiger partial charge is 0.268 e. The molecule has 1 amide bonds. The van der Waals surface area contributed by atoms with E-state index in [1.54, 1.807) is 0 Å². The van der Waals surface area contributed by atoms with Gasteiger partial charge in [-0.2, -0.15) is 0 Å². The second kappa shape index (κ2) is 7.56. The number of pyridine rings is 1. The molecule has 1 aromatic carbocycles. The second-order valence-corrected chi connectivity index (χ2v) is 7.87. The van der Waals surface area contributed by atoms with Gasteiger partial charge in [0, 0.05) is 11.8 Å². The molecule has 0 saturated heterocycles. The van der Waals surface area contributed by atoms with Crippen LogP contribution in [0.4, 0.5) is 5.82 Å². The van der Waals surface area contributed by atoms with E-state index in [9.17, 15) is 4.79 Å². The third-order valence-corrected chi connectivity index (χ3v) is 5.85. The molecule has 142 valence electrons. The van der Waals surface area contributed by atoms with Crippen molar-refractivity contribution < 1.29 is 4.79 Å². The monoisotopic (exact) mass is 390 g/mol. The van der Waals surface area contributed by atoms with Crippen LogP contribution >= 0.6 is 11.3 Å². The number of rotatable bonds is 5. The van der Waals surface area contributed by atoms with Crippen LogP contribution in [0.3, 0.4) is 0 Å². The molecule has 0 saturated carbocycles. The summed E-state index contributed by atoms with van der Waals surface area (Å²) >= 11 is 1.47. The molecule has 6 heteroatoms. The molecule has 0 aliphatic carbocycles. The summed E-state index contributed by atoms with van der Waals surface area (Å²) in [6.45, 7) is 6.03. The fourth-order valence-corrected chi connectivity index (χ4v) is 4.33. The minimum Gasteiger partial charge on any atom is -0.305 e. The Balaban J connectivity index is 1.79. The van der Waals surface area contributed by atoms with Crippen LogP contribution in [0, 0.1) is 13.8 Å². The molecule has 28 heavy (non-hydrogen) atoms. The Labute approximate surface area is 168 Å². The molecule has 0 bridgehead atoms. The highest BCUT2D eigenvalue weighted by Crippen LogP contribution is 2.31.